The highest BCUT2D eigenvalue weighted by Gasteiger charge is 2.41. The van der Waals surface area contributed by atoms with E-state index in [2.05, 4.69) is 15.6 Å². The second-order valence-electron chi connectivity index (χ2n) is 8.18. The molecule has 1 aromatic rings. The quantitative estimate of drug-likeness (QED) is 0.751. The monoisotopic (exact) mass is 406 g/mol. The fourth-order valence-electron chi connectivity index (χ4n) is 4.65. The molecular weight excluding hydrogens is 380 g/mol. The van der Waals surface area contributed by atoms with Gasteiger partial charge in [-0.3, -0.25) is 9.69 Å². The normalized spacial score (nSPS) is 31.0. The van der Waals surface area contributed by atoms with Crippen molar-refractivity contribution in [2.75, 3.05) is 23.4 Å². The highest BCUT2D eigenvalue weighted by atomic mass is 35.5. The molecule has 28 heavy (non-hydrogen) atoms. The molecule has 2 amide bonds. The molecule has 5 atom stereocenters. The second kappa shape index (κ2) is 7.78. The maximum atomic E-state index is 12.7. The highest BCUT2D eigenvalue weighted by Crippen LogP contribution is 2.37. The lowest BCUT2D eigenvalue weighted by atomic mass is 9.74. The van der Waals surface area contributed by atoms with Crippen molar-refractivity contribution < 1.29 is 14.3 Å². The van der Waals surface area contributed by atoms with Crippen LogP contribution in [0.2, 0.25) is 0 Å². The predicted molar refractivity (Wildman–Crippen MR) is 108 cm³/mol. The number of nitrogens with one attached hydrogen (secondary N) is 2. The molecule has 0 aromatic carbocycles. The standard InChI is InChI=1S/C20H27ClN4O3/c1-11-7-15(25-5-6-28-20(25)27)10-18(22-11)23-12(2)16-9-13-8-14(21)3-4-17(13)24-19(16)26/h7,10,12-14,16-17H,3-6,8-9H2,1-2H3,(H,22,23)(H,24,26)/t12-,13?,14?,16?,17?/m0/s1. The average molecular weight is 407 g/mol. The Kier molecular flexibility index (Phi) is 5.36. The zero-order valence-electron chi connectivity index (χ0n) is 16.3. The summed E-state index contributed by atoms with van der Waals surface area (Å²) in [5.41, 5.74) is 1.56. The fraction of sp³-hybridized carbons (Fsp3) is 0.650. The number of hydrogen-bond donors (Lipinski definition) is 2. The number of fused-ring (bicyclic) bond motifs is 1. The van der Waals surface area contributed by atoms with E-state index < -0.39 is 0 Å². The van der Waals surface area contributed by atoms with Gasteiger partial charge in [0.05, 0.1) is 18.2 Å². The van der Waals surface area contributed by atoms with Crippen LogP contribution in [0.15, 0.2) is 12.1 Å². The lowest BCUT2D eigenvalue weighted by Gasteiger charge is -2.42. The summed E-state index contributed by atoms with van der Waals surface area (Å²) in [5.74, 6) is 1.07. The zero-order valence-corrected chi connectivity index (χ0v) is 17.0. The molecule has 152 valence electrons. The zero-order chi connectivity index (χ0) is 19.8. The van der Waals surface area contributed by atoms with Gasteiger partial charge in [0.1, 0.15) is 12.4 Å². The third-order valence-corrected chi connectivity index (χ3v) is 6.53. The molecule has 3 fully saturated rings. The number of cyclic esters (lactones) is 1. The largest absolute Gasteiger partial charge is 0.447 e. The molecule has 0 radical (unpaired) electrons. The molecule has 3 heterocycles. The van der Waals surface area contributed by atoms with E-state index in [1.807, 2.05) is 26.0 Å². The molecule has 7 nitrogen and oxygen atoms in total. The van der Waals surface area contributed by atoms with Crippen molar-refractivity contribution in [2.24, 2.45) is 11.8 Å². The van der Waals surface area contributed by atoms with Crippen LogP contribution >= 0.6 is 11.6 Å². The van der Waals surface area contributed by atoms with Gasteiger partial charge in [-0.05, 0) is 51.5 Å². The number of piperidine rings is 1. The van der Waals surface area contributed by atoms with Crippen LogP contribution in [0.3, 0.4) is 0 Å². The van der Waals surface area contributed by atoms with Crippen LogP contribution in [0.25, 0.3) is 0 Å². The number of rotatable bonds is 4. The molecule has 2 N–H and O–H groups in total. The average Bonchev–Trinajstić information content (AvgIpc) is 3.07. The minimum atomic E-state index is -0.338. The van der Waals surface area contributed by atoms with Gasteiger partial charge in [0.15, 0.2) is 0 Å². The number of carbonyl (C=O) groups is 2. The maximum absolute atomic E-state index is 12.7. The molecular formula is C20H27ClN4O3. The third kappa shape index (κ3) is 3.90. The van der Waals surface area contributed by atoms with E-state index >= 15 is 0 Å². The van der Waals surface area contributed by atoms with Crippen molar-refractivity contribution in [1.29, 1.82) is 0 Å². The van der Waals surface area contributed by atoms with E-state index in [1.54, 1.807) is 4.90 Å². The van der Waals surface area contributed by atoms with Crippen LogP contribution in [-0.4, -0.2) is 47.6 Å². The van der Waals surface area contributed by atoms with Crippen molar-refractivity contribution in [3.05, 3.63) is 17.8 Å². The minimum absolute atomic E-state index is 0.0793. The predicted octanol–water partition coefficient (Wildman–Crippen LogP) is 3.06. The molecule has 1 aromatic heterocycles. The summed E-state index contributed by atoms with van der Waals surface area (Å²) in [4.78, 5) is 30.7. The first-order valence-electron chi connectivity index (χ1n) is 10.0. The van der Waals surface area contributed by atoms with Gasteiger partial charge in [0.25, 0.3) is 0 Å². The van der Waals surface area contributed by atoms with Crippen molar-refractivity contribution >= 4 is 35.1 Å². The first-order valence-corrected chi connectivity index (χ1v) is 10.5. The number of anilines is 2. The third-order valence-electron chi connectivity index (χ3n) is 6.13. The van der Waals surface area contributed by atoms with Gasteiger partial charge >= 0.3 is 6.09 Å². The second-order valence-corrected chi connectivity index (χ2v) is 8.80. The van der Waals surface area contributed by atoms with Crippen LogP contribution < -0.4 is 15.5 Å². The number of nitrogens with zero attached hydrogens (tertiary/aromatic N) is 2. The Labute approximate surface area is 170 Å². The molecule has 2 aliphatic heterocycles. The molecule has 8 heteroatoms. The Morgan fingerprint density at radius 2 is 2.14 bits per heavy atom. The Bertz CT molecular complexity index is 774. The number of ether oxygens (including phenoxy) is 1. The number of alkyl halides is 1. The maximum Gasteiger partial charge on any atom is 0.414 e. The van der Waals surface area contributed by atoms with Crippen molar-refractivity contribution in [2.45, 2.75) is 57.0 Å². The van der Waals surface area contributed by atoms with E-state index in [0.717, 1.165) is 37.1 Å². The van der Waals surface area contributed by atoms with E-state index in [9.17, 15) is 9.59 Å². The Balaban J connectivity index is 1.47. The number of halogens is 1. The summed E-state index contributed by atoms with van der Waals surface area (Å²) in [5, 5.41) is 6.80. The summed E-state index contributed by atoms with van der Waals surface area (Å²) in [6.07, 6.45) is 3.39. The lowest BCUT2D eigenvalue weighted by molar-refractivity contribution is -0.130. The van der Waals surface area contributed by atoms with Crippen LogP contribution in [0.1, 0.15) is 38.3 Å². The highest BCUT2D eigenvalue weighted by molar-refractivity contribution is 6.20. The SMILES string of the molecule is Cc1cc(N2CCOC2=O)cc(N[C@@H](C)C2CC3CC(Cl)CCC3NC2=O)n1. The molecule has 1 saturated carbocycles. The molecule has 2 saturated heterocycles. The molecule has 0 spiro atoms. The van der Waals surface area contributed by atoms with Crippen LogP contribution in [0.5, 0.6) is 0 Å². The van der Waals surface area contributed by atoms with Crippen LogP contribution in [-0.2, 0) is 9.53 Å². The number of pyridine rings is 1. The van der Waals surface area contributed by atoms with Crippen LogP contribution in [0.4, 0.5) is 16.3 Å². The Morgan fingerprint density at radius 1 is 1.32 bits per heavy atom. The van der Waals surface area contributed by atoms with E-state index in [1.165, 1.54) is 0 Å². The number of aromatic nitrogens is 1. The first-order chi connectivity index (χ1) is 13.4. The topological polar surface area (TPSA) is 83.6 Å². The smallest absolute Gasteiger partial charge is 0.414 e. The molecule has 1 aliphatic carbocycles. The molecule has 4 rings (SSSR count). The van der Waals surface area contributed by atoms with Gasteiger partial charge in [-0.25, -0.2) is 9.78 Å². The molecule has 3 aliphatic rings. The summed E-state index contributed by atoms with van der Waals surface area (Å²) in [6.45, 7) is 4.83. The van der Waals surface area contributed by atoms with Gasteiger partial charge in [-0.1, -0.05) is 0 Å². The first kappa shape index (κ1) is 19.3. The lowest BCUT2D eigenvalue weighted by Crippen LogP contribution is -2.55. The Morgan fingerprint density at radius 3 is 2.89 bits per heavy atom. The number of amides is 2. The van der Waals surface area contributed by atoms with Gasteiger partial charge < -0.3 is 15.4 Å². The fourth-order valence-corrected chi connectivity index (χ4v) is 5.01. The van der Waals surface area contributed by atoms with E-state index in [0.29, 0.717) is 24.9 Å². The van der Waals surface area contributed by atoms with E-state index in [-0.39, 0.29) is 35.4 Å². The Hall–Kier alpha value is -2.02. The molecule has 4 unspecified atom stereocenters. The van der Waals surface area contributed by atoms with Gasteiger partial charge in [-0.15, -0.1) is 11.6 Å². The van der Waals surface area contributed by atoms with Crippen molar-refractivity contribution in [1.82, 2.24) is 10.3 Å². The summed E-state index contributed by atoms with van der Waals surface area (Å²) < 4.78 is 5.03. The summed E-state index contributed by atoms with van der Waals surface area (Å²) >= 11 is 6.36. The van der Waals surface area contributed by atoms with Gasteiger partial charge in [0, 0.05) is 29.2 Å². The number of aryl methyl sites for hydroxylation is 1. The van der Waals surface area contributed by atoms with Crippen molar-refractivity contribution in [3.63, 3.8) is 0 Å². The minimum Gasteiger partial charge on any atom is -0.447 e. The van der Waals surface area contributed by atoms with E-state index in [4.69, 9.17) is 16.3 Å². The van der Waals surface area contributed by atoms with Gasteiger partial charge in [0.2, 0.25) is 5.91 Å². The number of carbonyl (C=O) groups excluding carboxylic acids is 2. The van der Waals surface area contributed by atoms with Crippen LogP contribution in [0, 0.1) is 18.8 Å². The van der Waals surface area contributed by atoms with Gasteiger partial charge in [-0.2, -0.15) is 0 Å². The molecule has 0 bridgehead atoms. The summed E-state index contributed by atoms with van der Waals surface area (Å²) in [7, 11) is 0. The number of hydrogen-bond acceptors (Lipinski definition) is 5. The summed E-state index contributed by atoms with van der Waals surface area (Å²) in [6, 6.07) is 3.89. The van der Waals surface area contributed by atoms with Crippen molar-refractivity contribution in [3.8, 4) is 0 Å².